The second-order valence-electron chi connectivity index (χ2n) is 16.1. The zero-order valence-electron chi connectivity index (χ0n) is 39.6. The summed E-state index contributed by atoms with van der Waals surface area (Å²) < 4.78 is 66.2. The third-order valence-corrected chi connectivity index (χ3v) is 11.6. The highest BCUT2D eigenvalue weighted by molar-refractivity contribution is 9.10. The van der Waals surface area contributed by atoms with E-state index in [0.29, 0.717) is 56.1 Å². The number of carbonyl (C=O) groups is 3. The lowest BCUT2D eigenvalue weighted by Gasteiger charge is -2.19. The molecule has 0 fully saturated rings. The fourth-order valence-corrected chi connectivity index (χ4v) is 7.94. The van der Waals surface area contributed by atoms with Crippen molar-refractivity contribution in [2.75, 3.05) is 11.9 Å². The quantitative estimate of drug-likeness (QED) is 0.0659. The Hall–Kier alpha value is -8.49. The molecule has 0 bridgehead atoms. The number of aryl methyl sites for hydroxylation is 1. The first-order valence-corrected chi connectivity index (χ1v) is 23.9. The fraction of sp³-hybridized carbons (Fsp3) is 0.130. The Morgan fingerprint density at radius 3 is 1.85 bits per heavy atom. The van der Waals surface area contributed by atoms with E-state index in [2.05, 4.69) is 55.8 Å². The SMILES string of the molecule is CC(F)(F)c1csc(CC(=O)c2cccc(Oc3cccnc3)c2)n1.Cc1ccnc(CC(=O)c2cc(F)cc(N(C)c3cncnc3)c2)c1.O=C(Cc1cc(Br)ccn1)c1cc(F)cc(Oc2cncnc2)c1. The number of hydrogen-bond donors (Lipinski definition) is 0. The first-order valence-electron chi connectivity index (χ1n) is 22.2. The van der Waals surface area contributed by atoms with E-state index in [0.717, 1.165) is 28.3 Å². The van der Waals surface area contributed by atoms with E-state index in [4.69, 9.17) is 9.47 Å². The van der Waals surface area contributed by atoms with E-state index in [1.54, 1.807) is 104 Å². The van der Waals surface area contributed by atoms with Crippen LogP contribution in [0.25, 0.3) is 0 Å². The highest BCUT2D eigenvalue weighted by atomic mass is 79.9. The summed E-state index contributed by atoms with van der Waals surface area (Å²) in [6.45, 7) is 2.72. The summed E-state index contributed by atoms with van der Waals surface area (Å²) >= 11 is 4.38. The van der Waals surface area contributed by atoms with Crippen LogP contribution in [0, 0.1) is 18.6 Å². The summed E-state index contributed by atoms with van der Waals surface area (Å²) in [7, 11) is 1.77. The number of rotatable bonds is 16. The number of carbonyl (C=O) groups excluding carboxylic acids is 3. The minimum absolute atomic E-state index is 0.0307. The third-order valence-electron chi connectivity index (χ3n) is 10.3. The van der Waals surface area contributed by atoms with Crippen molar-refractivity contribution in [2.24, 2.45) is 0 Å². The molecule has 6 aromatic heterocycles. The van der Waals surface area contributed by atoms with Crippen LogP contribution in [-0.2, 0) is 25.2 Å². The average Bonchev–Trinajstić information content (AvgIpc) is 3.87. The first kappa shape index (κ1) is 53.3. The number of halogens is 5. The number of nitrogens with zero attached hydrogens (tertiary/aromatic N) is 9. The van der Waals surface area contributed by atoms with Crippen molar-refractivity contribution in [3.8, 4) is 23.0 Å². The van der Waals surface area contributed by atoms with Gasteiger partial charge >= 0.3 is 0 Å². The zero-order valence-corrected chi connectivity index (χ0v) is 42.0. The fourth-order valence-electron chi connectivity index (χ4n) is 6.68. The van der Waals surface area contributed by atoms with Gasteiger partial charge in [-0.05, 0) is 91.3 Å². The highest BCUT2D eigenvalue weighted by Crippen LogP contribution is 2.30. The standard InChI is InChI=1S/C19H17FN4O.C18H14F2N2O2S.C17H11BrFN3O2/c1-13-3-4-23-16(5-13)9-19(25)14-6-15(20)8-17(7-14)24(2)18-10-21-12-22-11-18;1-18(19,20)16-11-25-17(22-16)9-15(23)12-4-2-5-13(8-12)24-14-6-3-7-21-10-14;18-12-1-2-22-14(5-12)7-17(23)11-3-13(19)6-15(4-11)24-16-8-20-10-21-9-16/h3-8,10-12H,9H2,1-2H3;2-8,10-11H,9H2,1H3;1-6,8-10H,7H2. The molecular weight excluding hydrogens is 1040 g/mol. The molecule has 0 saturated carbocycles. The maximum Gasteiger partial charge on any atom is 0.287 e. The molecule has 14 nitrogen and oxygen atoms in total. The van der Waals surface area contributed by atoms with Gasteiger partial charge in [0.1, 0.15) is 52.2 Å². The van der Waals surface area contributed by atoms with Gasteiger partial charge < -0.3 is 14.4 Å². The molecule has 3 aromatic carbocycles. The average molecular weight is 1080 g/mol. The van der Waals surface area contributed by atoms with E-state index in [1.807, 2.05) is 19.1 Å². The van der Waals surface area contributed by atoms with Gasteiger partial charge in [0.05, 0.1) is 55.9 Å². The number of thiazole rings is 1. The summed E-state index contributed by atoms with van der Waals surface area (Å²) in [5.41, 5.74) is 4.18. The van der Waals surface area contributed by atoms with Gasteiger partial charge in [-0.1, -0.05) is 28.1 Å². The van der Waals surface area contributed by atoms with Crippen LogP contribution >= 0.6 is 27.3 Å². The summed E-state index contributed by atoms with van der Waals surface area (Å²) in [6, 6.07) is 25.6. The summed E-state index contributed by atoms with van der Waals surface area (Å²) in [5, 5.41) is 1.64. The minimum Gasteiger partial charge on any atom is -0.456 e. The van der Waals surface area contributed by atoms with Crippen molar-refractivity contribution < 1.29 is 41.4 Å². The minimum atomic E-state index is -3.00. The van der Waals surface area contributed by atoms with E-state index in [1.165, 1.54) is 60.8 Å². The molecule has 0 radical (unpaired) electrons. The number of Topliss-reactive ketones (excluding diaryl/α,β-unsaturated/α-hetero) is 3. The number of benzene rings is 3. The van der Waals surface area contributed by atoms with Gasteiger partial charge in [0, 0.05) is 82.2 Å². The van der Waals surface area contributed by atoms with Crippen LogP contribution in [0.1, 0.15) is 65.7 Å². The molecule has 0 aliphatic carbocycles. The Labute approximate surface area is 434 Å². The summed E-state index contributed by atoms with van der Waals surface area (Å²) in [5.74, 6) is -3.07. The van der Waals surface area contributed by atoms with Crippen molar-refractivity contribution in [3.63, 3.8) is 0 Å². The maximum atomic E-state index is 14.0. The Bertz CT molecular complexity index is 3360. The zero-order chi connectivity index (χ0) is 52.6. The predicted octanol–water partition coefficient (Wildman–Crippen LogP) is 12.4. The number of hydrogen-bond acceptors (Lipinski definition) is 15. The van der Waals surface area contributed by atoms with E-state index >= 15 is 0 Å². The number of anilines is 2. The van der Waals surface area contributed by atoms with Gasteiger partial charge in [0.25, 0.3) is 5.92 Å². The normalized spacial score (nSPS) is 10.8. The molecule has 0 amide bonds. The molecule has 0 aliphatic rings. The Balaban J connectivity index is 0.000000162. The number of alkyl halides is 2. The molecule has 0 unspecified atom stereocenters. The van der Waals surface area contributed by atoms with Gasteiger partial charge in [-0.25, -0.2) is 33.7 Å². The predicted molar refractivity (Wildman–Crippen MR) is 272 cm³/mol. The van der Waals surface area contributed by atoms with E-state index in [-0.39, 0.29) is 53.6 Å². The lowest BCUT2D eigenvalue weighted by atomic mass is 10.0. The number of aromatic nitrogens is 8. The van der Waals surface area contributed by atoms with E-state index < -0.39 is 17.6 Å². The Morgan fingerprint density at radius 1 is 0.608 bits per heavy atom. The van der Waals surface area contributed by atoms with Crippen molar-refractivity contribution in [2.45, 2.75) is 39.0 Å². The molecule has 9 aromatic rings. The summed E-state index contributed by atoms with van der Waals surface area (Å²) in [4.78, 5) is 70.7. The summed E-state index contributed by atoms with van der Waals surface area (Å²) in [6.07, 6.45) is 15.6. The monoisotopic (exact) mass is 1080 g/mol. The Morgan fingerprint density at radius 2 is 1.20 bits per heavy atom. The smallest absolute Gasteiger partial charge is 0.287 e. The van der Waals surface area contributed by atoms with Gasteiger partial charge in [0.2, 0.25) is 0 Å². The van der Waals surface area contributed by atoms with Crippen LogP contribution in [0.5, 0.6) is 23.0 Å². The van der Waals surface area contributed by atoms with Crippen LogP contribution in [-0.4, -0.2) is 64.3 Å². The van der Waals surface area contributed by atoms with Gasteiger partial charge in [-0.15, -0.1) is 11.3 Å². The van der Waals surface area contributed by atoms with Crippen LogP contribution in [0.15, 0.2) is 169 Å². The topological polar surface area (TPSA) is 176 Å². The lowest BCUT2D eigenvalue weighted by molar-refractivity contribution is 0.0132. The lowest BCUT2D eigenvalue weighted by Crippen LogP contribution is -2.12. The molecular formula is C54H42BrF4N9O5S. The van der Waals surface area contributed by atoms with Crippen LogP contribution < -0.4 is 14.4 Å². The van der Waals surface area contributed by atoms with E-state index in [9.17, 15) is 31.9 Å². The molecule has 6 heterocycles. The number of ether oxygens (including phenoxy) is 2. The molecule has 0 saturated heterocycles. The molecule has 374 valence electrons. The maximum absolute atomic E-state index is 14.0. The van der Waals surface area contributed by atoms with Crippen LogP contribution in [0.4, 0.5) is 28.9 Å². The van der Waals surface area contributed by atoms with Crippen molar-refractivity contribution in [1.82, 2.24) is 39.9 Å². The van der Waals surface area contributed by atoms with Gasteiger partial charge in [-0.2, -0.15) is 8.78 Å². The highest BCUT2D eigenvalue weighted by Gasteiger charge is 2.28. The second-order valence-corrected chi connectivity index (χ2v) is 18.0. The number of pyridine rings is 3. The molecule has 0 atom stereocenters. The molecule has 0 aliphatic heterocycles. The Kier molecular flexibility index (Phi) is 18.2. The van der Waals surface area contributed by atoms with Crippen LogP contribution in [0.3, 0.4) is 0 Å². The first-order chi connectivity index (χ1) is 35.5. The van der Waals surface area contributed by atoms with Crippen molar-refractivity contribution >= 4 is 56.0 Å². The third kappa shape index (κ3) is 16.0. The van der Waals surface area contributed by atoms with Crippen LogP contribution in [0.2, 0.25) is 0 Å². The van der Waals surface area contributed by atoms with Gasteiger partial charge in [-0.3, -0.25) is 29.3 Å². The largest absolute Gasteiger partial charge is 0.456 e. The molecule has 20 heteroatoms. The number of ketones is 3. The van der Waals surface area contributed by atoms with Gasteiger partial charge in [0.15, 0.2) is 23.1 Å². The van der Waals surface area contributed by atoms with Crippen molar-refractivity contribution in [1.29, 1.82) is 0 Å². The second kappa shape index (κ2) is 25.3. The molecule has 0 spiro atoms. The molecule has 9 rings (SSSR count). The van der Waals surface area contributed by atoms with Crippen molar-refractivity contribution in [3.05, 3.63) is 225 Å². The molecule has 0 N–H and O–H groups in total. The molecule has 74 heavy (non-hydrogen) atoms.